The molecule has 0 atom stereocenters. The lowest BCUT2D eigenvalue weighted by Crippen LogP contribution is -2.12. The van der Waals surface area contributed by atoms with Crippen molar-refractivity contribution < 1.29 is 19.4 Å². The number of aliphatic hydroxyl groups is 1. The van der Waals surface area contributed by atoms with Gasteiger partial charge in [-0.3, -0.25) is 4.79 Å². The van der Waals surface area contributed by atoms with Gasteiger partial charge in [0.05, 0.1) is 20.1 Å². The molecule has 1 aromatic rings. The number of aryl methyl sites for hydroxylation is 1. The Bertz CT molecular complexity index is 504. The quantitative estimate of drug-likeness (QED) is 0.820. The second kappa shape index (κ2) is 8.18. The third-order valence-electron chi connectivity index (χ3n) is 4.32. The summed E-state index contributed by atoms with van der Waals surface area (Å²) >= 11 is 0. The van der Waals surface area contributed by atoms with Crippen LogP contribution >= 0.6 is 0 Å². The third kappa shape index (κ3) is 4.23. The molecule has 1 saturated carbocycles. The van der Waals surface area contributed by atoms with E-state index in [1.54, 1.807) is 7.11 Å². The van der Waals surface area contributed by atoms with E-state index in [2.05, 4.69) is 6.07 Å². The molecule has 0 aliphatic heterocycles. The summed E-state index contributed by atoms with van der Waals surface area (Å²) in [6.07, 6.45) is 6.45. The zero-order valence-electron chi connectivity index (χ0n) is 13.6. The van der Waals surface area contributed by atoms with E-state index in [-0.39, 0.29) is 25.6 Å². The summed E-state index contributed by atoms with van der Waals surface area (Å²) in [6.45, 7) is 1.94. The second-order valence-electron chi connectivity index (χ2n) is 5.99. The van der Waals surface area contributed by atoms with E-state index in [4.69, 9.17) is 14.6 Å². The summed E-state index contributed by atoms with van der Waals surface area (Å²) in [6, 6.07) is 4.09. The molecule has 0 aromatic heterocycles. The number of hydrogen-bond donors (Lipinski definition) is 1. The molecule has 22 heavy (non-hydrogen) atoms. The maximum atomic E-state index is 11.8. The van der Waals surface area contributed by atoms with Crippen molar-refractivity contribution in [3.8, 4) is 5.75 Å². The van der Waals surface area contributed by atoms with Gasteiger partial charge >= 0.3 is 5.97 Å². The van der Waals surface area contributed by atoms with E-state index < -0.39 is 0 Å². The number of rotatable bonds is 6. The Morgan fingerprint density at radius 1 is 1.27 bits per heavy atom. The van der Waals surface area contributed by atoms with Crippen LogP contribution in [-0.2, 0) is 16.0 Å². The molecule has 1 aromatic carbocycles. The van der Waals surface area contributed by atoms with E-state index in [1.807, 2.05) is 13.0 Å². The highest BCUT2D eigenvalue weighted by Gasteiger charge is 2.21. The normalized spacial score (nSPS) is 15.6. The molecule has 1 fully saturated rings. The topological polar surface area (TPSA) is 55.8 Å². The molecular weight excluding hydrogens is 280 g/mol. The van der Waals surface area contributed by atoms with E-state index in [9.17, 15) is 4.79 Å². The van der Waals surface area contributed by atoms with E-state index in [1.165, 1.54) is 37.7 Å². The van der Waals surface area contributed by atoms with Crippen molar-refractivity contribution in [1.82, 2.24) is 0 Å². The molecule has 0 saturated heterocycles. The van der Waals surface area contributed by atoms with Crippen LogP contribution in [0, 0.1) is 6.92 Å². The summed E-state index contributed by atoms with van der Waals surface area (Å²) in [4.78, 5) is 11.8. The van der Waals surface area contributed by atoms with Gasteiger partial charge in [0.25, 0.3) is 0 Å². The van der Waals surface area contributed by atoms with Gasteiger partial charge in [-0.15, -0.1) is 0 Å². The Morgan fingerprint density at radius 2 is 2.00 bits per heavy atom. The van der Waals surface area contributed by atoms with Crippen LogP contribution in [-0.4, -0.2) is 31.4 Å². The van der Waals surface area contributed by atoms with Gasteiger partial charge in [-0.2, -0.15) is 0 Å². The number of carbonyl (C=O) groups is 1. The first-order chi connectivity index (χ1) is 10.7. The van der Waals surface area contributed by atoms with E-state index >= 15 is 0 Å². The number of aliphatic hydroxyl groups excluding tert-OH is 1. The Labute approximate surface area is 132 Å². The number of benzene rings is 1. The predicted molar refractivity (Wildman–Crippen MR) is 85.3 cm³/mol. The molecule has 122 valence electrons. The smallest absolute Gasteiger partial charge is 0.310 e. The molecule has 0 heterocycles. The average molecular weight is 306 g/mol. The molecule has 0 unspecified atom stereocenters. The summed E-state index contributed by atoms with van der Waals surface area (Å²) < 4.78 is 10.6. The van der Waals surface area contributed by atoms with Crippen LogP contribution in [0.2, 0.25) is 0 Å². The average Bonchev–Trinajstić information content (AvgIpc) is 2.53. The molecule has 2 rings (SSSR count). The van der Waals surface area contributed by atoms with Gasteiger partial charge in [0.1, 0.15) is 12.4 Å². The SMILES string of the molecule is COc1c(C)cc(CC(=O)OCCO)cc1C1CCCCC1. The highest BCUT2D eigenvalue weighted by atomic mass is 16.5. The Kier molecular flexibility index (Phi) is 6.25. The molecule has 1 aliphatic carbocycles. The first-order valence-electron chi connectivity index (χ1n) is 8.09. The summed E-state index contributed by atoms with van der Waals surface area (Å²) in [5.41, 5.74) is 3.25. The van der Waals surface area contributed by atoms with Crippen LogP contribution in [0.1, 0.15) is 54.7 Å². The van der Waals surface area contributed by atoms with Gasteiger partial charge in [-0.1, -0.05) is 31.4 Å². The van der Waals surface area contributed by atoms with E-state index in [0.29, 0.717) is 5.92 Å². The first kappa shape index (κ1) is 16.8. The van der Waals surface area contributed by atoms with Crippen molar-refractivity contribution in [2.24, 2.45) is 0 Å². The van der Waals surface area contributed by atoms with Crippen LogP contribution in [0.25, 0.3) is 0 Å². The van der Waals surface area contributed by atoms with Crippen molar-refractivity contribution in [2.75, 3.05) is 20.3 Å². The van der Waals surface area contributed by atoms with Crippen molar-refractivity contribution >= 4 is 5.97 Å². The Morgan fingerprint density at radius 3 is 2.64 bits per heavy atom. The highest BCUT2D eigenvalue weighted by molar-refractivity contribution is 5.73. The van der Waals surface area contributed by atoms with E-state index in [0.717, 1.165) is 16.9 Å². The van der Waals surface area contributed by atoms with Crippen molar-refractivity contribution in [3.63, 3.8) is 0 Å². The van der Waals surface area contributed by atoms with Crippen LogP contribution in [0.3, 0.4) is 0 Å². The van der Waals surface area contributed by atoms with Crippen LogP contribution in [0.5, 0.6) is 5.75 Å². The molecule has 0 bridgehead atoms. The second-order valence-corrected chi connectivity index (χ2v) is 5.99. The number of carbonyl (C=O) groups excluding carboxylic acids is 1. The zero-order chi connectivity index (χ0) is 15.9. The predicted octanol–water partition coefficient (Wildman–Crippen LogP) is 3.13. The van der Waals surface area contributed by atoms with Gasteiger partial charge in [-0.05, 0) is 42.4 Å². The van der Waals surface area contributed by atoms with Crippen molar-refractivity contribution in [2.45, 2.75) is 51.4 Å². The van der Waals surface area contributed by atoms with Gasteiger partial charge < -0.3 is 14.6 Å². The van der Waals surface area contributed by atoms with Gasteiger partial charge in [0.2, 0.25) is 0 Å². The minimum atomic E-state index is -0.298. The molecule has 1 N–H and O–H groups in total. The van der Waals surface area contributed by atoms with Gasteiger partial charge in [0.15, 0.2) is 0 Å². The third-order valence-corrected chi connectivity index (χ3v) is 4.32. The number of esters is 1. The number of hydrogen-bond acceptors (Lipinski definition) is 4. The van der Waals surface area contributed by atoms with Crippen molar-refractivity contribution in [1.29, 1.82) is 0 Å². The molecule has 0 spiro atoms. The number of methoxy groups -OCH3 is 1. The maximum Gasteiger partial charge on any atom is 0.310 e. The molecule has 0 amide bonds. The largest absolute Gasteiger partial charge is 0.496 e. The van der Waals surface area contributed by atoms with Crippen LogP contribution in [0.4, 0.5) is 0 Å². The van der Waals surface area contributed by atoms with Crippen LogP contribution < -0.4 is 4.74 Å². The number of ether oxygens (including phenoxy) is 2. The minimum Gasteiger partial charge on any atom is -0.496 e. The fourth-order valence-corrected chi connectivity index (χ4v) is 3.35. The minimum absolute atomic E-state index is 0.0590. The fourth-order valence-electron chi connectivity index (χ4n) is 3.35. The fraction of sp³-hybridized carbons (Fsp3) is 0.611. The first-order valence-corrected chi connectivity index (χ1v) is 8.09. The lowest BCUT2D eigenvalue weighted by atomic mass is 9.82. The maximum absolute atomic E-state index is 11.8. The monoisotopic (exact) mass is 306 g/mol. The molecular formula is C18H26O4. The highest BCUT2D eigenvalue weighted by Crippen LogP contribution is 2.39. The summed E-state index contributed by atoms with van der Waals surface area (Å²) in [5, 5.41) is 8.71. The Hall–Kier alpha value is -1.55. The standard InChI is InChI=1S/C18H26O4/c1-13-10-14(12-17(20)22-9-8-19)11-16(18(13)21-2)15-6-4-3-5-7-15/h10-11,15,19H,3-9,12H2,1-2H3. The molecule has 4 nitrogen and oxygen atoms in total. The zero-order valence-corrected chi connectivity index (χ0v) is 13.6. The summed E-state index contributed by atoms with van der Waals surface area (Å²) in [5.74, 6) is 1.18. The lowest BCUT2D eigenvalue weighted by molar-refractivity contribution is -0.143. The molecule has 4 heteroatoms. The summed E-state index contributed by atoms with van der Waals surface area (Å²) in [7, 11) is 1.71. The Balaban J connectivity index is 2.21. The van der Waals surface area contributed by atoms with Gasteiger partial charge in [-0.25, -0.2) is 0 Å². The lowest BCUT2D eigenvalue weighted by Gasteiger charge is -2.25. The molecule has 0 radical (unpaired) electrons. The van der Waals surface area contributed by atoms with Crippen molar-refractivity contribution in [3.05, 3.63) is 28.8 Å². The van der Waals surface area contributed by atoms with Gasteiger partial charge in [0, 0.05) is 0 Å². The van der Waals surface area contributed by atoms with Crippen LogP contribution in [0.15, 0.2) is 12.1 Å². The molecule has 1 aliphatic rings.